The van der Waals surface area contributed by atoms with E-state index in [1.54, 1.807) is 0 Å². The van der Waals surface area contributed by atoms with Crippen LogP contribution < -0.4 is 21.2 Å². The summed E-state index contributed by atoms with van der Waals surface area (Å²) in [6.45, 7) is 9.10. The molecule has 0 aromatic heterocycles. The van der Waals surface area contributed by atoms with E-state index in [1.165, 1.54) is 20.4 Å². The third-order valence-corrected chi connectivity index (χ3v) is 6.62. The van der Waals surface area contributed by atoms with Crippen molar-refractivity contribution in [1.82, 2.24) is 0 Å². The van der Waals surface area contributed by atoms with Gasteiger partial charge in [0.2, 0.25) is 0 Å². The van der Waals surface area contributed by atoms with Gasteiger partial charge in [0.1, 0.15) is 0 Å². The minimum atomic E-state index is -0.102. The normalized spacial score (nSPS) is 17.1. The van der Waals surface area contributed by atoms with Crippen LogP contribution in [0, 0.1) is 10.5 Å². The van der Waals surface area contributed by atoms with Gasteiger partial charge in [0.15, 0.2) is 0 Å². The van der Waals surface area contributed by atoms with Gasteiger partial charge in [-0.1, -0.05) is 0 Å². The molecule has 1 heterocycles. The second-order valence-corrected chi connectivity index (χ2v) is 7.88. The number of halogens is 1. The number of benzene rings is 1. The van der Waals surface area contributed by atoms with Crippen LogP contribution in [-0.4, -0.2) is 21.9 Å². The number of hydrogen-bond acceptors (Lipinski definition) is 2. The Morgan fingerprint density at radius 2 is 2.00 bits per heavy atom. The molecule has 0 saturated heterocycles. The SMILES string of the molecule is CC1=Nc2ccc(C)c([I-]CCO)c2C1(C)C. The Bertz CT molecular complexity index is 477. The summed E-state index contributed by atoms with van der Waals surface area (Å²) in [5, 5.41) is 9.05. The molecule has 0 amide bonds. The summed E-state index contributed by atoms with van der Waals surface area (Å²) >= 11 is -0.102. The van der Waals surface area contributed by atoms with Crippen LogP contribution >= 0.6 is 0 Å². The number of rotatable bonds is 3. The molecular weight excluding hydrogens is 325 g/mol. The van der Waals surface area contributed by atoms with Crippen LogP contribution in [0.5, 0.6) is 0 Å². The Morgan fingerprint density at radius 1 is 1.29 bits per heavy atom. The van der Waals surface area contributed by atoms with Gasteiger partial charge in [0.25, 0.3) is 0 Å². The summed E-state index contributed by atoms with van der Waals surface area (Å²) in [7, 11) is 0. The van der Waals surface area contributed by atoms with Gasteiger partial charge in [-0.2, -0.15) is 0 Å². The third kappa shape index (κ3) is 2.15. The maximum absolute atomic E-state index is 9.05. The topological polar surface area (TPSA) is 32.6 Å². The third-order valence-electron chi connectivity index (χ3n) is 3.44. The van der Waals surface area contributed by atoms with Crippen molar-refractivity contribution in [3.8, 4) is 0 Å². The zero-order valence-corrected chi connectivity index (χ0v) is 13.0. The Labute approximate surface area is 113 Å². The quantitative estimate of drug-likeness (QED) is 0.589. The number of aryl methyl sites for hydroxylation is 1. The molecule has 2 nitrogen and oxygen atoms in total. The van der Waals surface area contributed by atoms with Crippen molar-refractivity contribution in [2.75, 3.05) is 11.0 Å². The summed E-state index contributed by atoms with van der Waals surface area (Å²) in [6, 6.07) is 4.30. The molecule has 1 N–H and O–H groups in total. The monoisotopic (exact) mass is 344 g/mol. The summed E-state index contributed by atoms with van der Waals surface area (Å²) in [6.07, 6.45) is 0. The Kier molecular flexibility index (Phi) is 3.59. The molecule has 1 aromatic carbocycles. The zero-order chi connectivity index (χ0) is 12.6. The molecule has 17 heavy (non-hydrogen) atoms. The average molecular weight is 344 g/mol. The van der Waals surface area contributed by atoms with E-state index in [9.17, 15) is 0 Å². The number of aliphatic hydroxyl groups is 1. The number of alkyl halides is 1. The molecule has 3 heteroatoms. The molecule has 0 aliphatic carbocycles. The molecule has 1 aliphatic heterocycles. The summed E-state index contributed by atoms with van der Waals surface area (Å²) < 4.78 is 2.42. The van der Waals surface area contributed by atoms with E-state index >= 15 is 0 Å². The van der Waals surface area contributed by atoms with E-state index in [1.807, 2.05) is 0 Å². The van der Waals surface area contributed by atoms with Crippen LogP contribution in [0.4, 0.5) is 5.69 Å². The first-order valence-corrected chi connectivity index (χ1v) is 8.48. The Balaban J connectivity index is 2.53. The average Bonchev–Trinajstić information content (AvgIpc) is 2.50. The molecule has 0 atom stereocenters. The summed E-state index contributed by atoms with van der Waals surface area (Å²) in [4.78, 5) is 4.69. The first kappa shape index (κ1) is 13.0. The minimum absolute atomic E-state index is 0.0614. The fourth-order valence-electron chi connectivity index (χ4n) is 2.17. The van der Waals surface area contributed by atoms with Gasteiger partial charge in [-0.25, -0.2) is 0 Å². The molecule has 1 aliphatic rings. The predicted molar refractivity (Wildman–Crippen MR) is 67.6 cm³/mol. The fraction of sp³-hybridized carbons (Fsp3) is 0.500. The maximum atomic E-state index is 9.05. The van der Waals surface area contributed by atoms with Gasteiger partial charge in [-0.3, -0.25) is 0 Å². The van der Waals surface area contributed by atoms with Crippen LogP contribution in [0.15, 0.2) is 17.1 Å². The van der Waals surface area contributed by atoms with Crippen LogP contribution in [-0.2, 0) is 5.41 Å². The fourth-order valence-corrected chi connectivity index (χ4v) is 5.06. The van der Waals surface area contributed by atoms with Crippen molar-refractivity contribution in [3.05, 3.63) is 26.8 Å². The van der Waals surface area contributed by atoms with E-state index in [0.717, 1.165) is 10.1 Å². The second kappa shape index (κ2) is 4.69. The van der Waals surface area contributed by atoms with Crippen LogP contribution in [0.1, 0.15) is 31.9 Å². The Hall–Kier alpha value is -0.420. The van der Waals surface area contributed by atoms with Crippen LogP contribution in [0.3, 0.4) is 0 Å². The number of aliphatic hydroxyl groups excluding tert-OH is 1. The molecule has 0 bridgehead atoms. The summed E-state index contributed by atoms with van der Waals surface area (Å²) in [5.74, 6) is 0. The van der Waals surface area contributed by atoms with Gasteiger partial charge in [0.05, 0.1) is 0 Å². The van der Waals surface area contributed by atoms with Gasteiger partial charge < -0.3 is 0 Å². The molecule has 0 unspecified atom stereocenters. The van der Waals surface area contributed by atoms with Crippen molar-refractivity contribution in [1.29, 1.82) is 0 Å². The molecule has 0 fully saturated rings. The van der Waals surface area contributed by atoms with E-state index in [2.05, 4.69) is 44.8 Å². The van der Waals surface area contributed by atoms with Crippen molar-refractivity contribution in [2.45, 2.75) is 33.1 Å². The van der Waals surface area contributed by atoms with Crippen molar-refractivity contribution < 1.29 is 26.3 Å². The van der Waals surface area contributed by atoms with Crippen molar-refractivity contribution in [3.63, 3.8) is 0 Å². The number of hydrogen-bond donors (Lipinski definition) is 1. The summed E-state index contributed by atoms with van der Waals surface area (Å²) in [5.41, 5.74) is 5.18. The van der Waals surface area contributed by atoms with Gasteiger partial charge in [-0.15, -0.1) is 0 Å². The molecule has 2 rings (SSSR count). The van der Waals surface area contributed by atoms with Crippen molar-refractivity contribution in [2.24, 2.45) is 4.99 Å². The number of aliphatic imine (C=N–C) groups is 1. The first-order chi connectivity index (χ1) is 7.98. The molecule has 0 spiro atoms. The molecule has 0 saturated carbocycles. The van der Waals surface area contributed by atoms with E-state index in [-0.39, 0.29) is 26.6 Å². The van der Waals surface area contributed by atoms with E-state index < -0.39 is 0 Å². The Morgan fingerprint density at radius 3 is 2.65 bits per heavy atom. The van der Waals surface area contributed by atoms with Gasteiger partial charge in [-0.05, 0) is 0 Å². The molecule has 0 radical (unpaired) electrons. The van der Waals surface area contributed by atoms with E-state index in [4.69, 9.17) is 5.11 Å². The van der Waals surface area contributed by atoms with Crippen LogP contribution in [0.2, 0.25) is 0 Å². The zero-order valence-electron chi connectivity index (χ0n) is 10.8. The number of fused-ring (bicyclic) bond motifs is 1. The predicted octanol–water partition coefficient (Wildman–Crippen LogP) is -0.370. The molecular formula is C14H19INO-. The number of nitrogens with zero attached hydrogens (tertiary/aromatic N) is 1. The van der Waals surface area contributed by atoms with Gasteiger partial charge >= 0.3 is 114 Å². The van der Waals surface area contributed by atoms with Crippen molar-refractivity contribution >= 4 is 11.4 Å². The first-order valence-electron chi connectivity index (χ1n) is 5.88. The molecule has 1 aromatic rings. The standard InChI is InChI=1S/C14H19INO/c1-9-5-6-11-12(13(9)15-7-8-17)14(3,4)10(2)16-11/h5-6,17H,7-8H2,1-4H3/q-1. The second-order valence-electron chi connectivity index (χ2n) is 4.96. The molecule has 94 valence electrons. The van der Waals surface area contributed by atoms with Gasteiger partial charge in [0, 0.05) is 0 Å². The van der Waals surface area contributed by atoms with Crippen LogP contribution in [0.25, 0.3) is 0 Å². The van der Waals surface area contributed by atoms with E-state index in [0.29, 0.717) is 6.61 Å².